The SMILES string of the molecule is COc1cc(O)cc(OC)c1C1C2=CCC3C(=O)N(O)C(=O)C3C2CC2C(=O)N(c3cc(-c4sc5ccc(Cl)cc5c4C)nn3C)C(=O)C21C. The van der Waals surface area contributed by atoms with Gasteiger partial charge in [-0.2, -0.15) is 10.2 Å². The molecule has 2 aromatic carbocycles. The average molecular weight is 717 g/mol. The Bertz CT molecular complexity index is 2200. The molecular formula is C36H33ClN4O8S. The van der Waals surface area contributed by atoms with Crippen LogP contribution in [0, 0.1) is 36.0 Å². The number of rotatable bonds is 5. The highest BCUT2D eigenvalue weighted by atomic mass is 35.5. The van der Waals surface area contributed by atoms with E-state index < -0.39 is 58.6 Å². The maximum atomic E-state index is 15.1. The number of halogens is 1. The topological polar surface area (TPSA) is 152 Å². The molecule has 2 N–H and O–H groups in total. The van der Waals surface area contributed by atoms with Gasteiger partial charge in [0.15, 0.2) is 0 Å². The van der Waals surface area contributed by atoms with Crippen LogP contribution in [0.2, 0.25) is 5.02 Å². The molecular weight excluding hydrogens is 684 g/mol. The third-order valence-electron chi connectivity index (χ3n) is 11.3. The molecule has 4 aromatic rings. The molecule has 4 amide bonds. The van der Waals surface area contributed by atoms with Gasteiger partial charge in [0.05, 0.1) is 42.3 Å². The zero-order valence-electron chi connectivity index (χ0n) is 27.8. The van der Waals surface area contributed by atoms with Gasteiger partial charge in [0.1, 0.15) is 28.8 Å². The number of methoxy groups -OCH3 is 2. The number of amides is 4. The number of phenols is 1. The number of hydrogen-bond acceptors (Lipinski definition) is 10. The van der Waals surface area contributed by atoms with E-state index in [1.165, 1.54) is 47.3 Å². The van der Waals surface area contributed by atoms with Crippen molar-refractivity contribution in [2.45, 2.75) is 32.6 Å². The summed E-state index contributed by atoms with van der Waals surface area (Å²) < 4.78 is 14.1. The lowest BCUT2D eigenvalue weighted by atomic mass is 9.51. The van der Waals surface area contributed by atoms with Crippen LogP contribution in [-0.2, 0) is 26.2 Å². The second-order valence-electron chi connectivity index (χ2n) is 13.6. The van der Waals surface area contributed by atoms with E-state index in [1.54, 1.807) is 20.0 Å². The van der Waals surface area contributed by atoms with E-state index in [-0.39, 0.29) is 41.0 Å². The number of hydrogen-bond donors (Lipinski definition) is 2. The van der Waals surface area contributed by atoms with Crippen LogP contribution in [0.1, 0.15) is 36.8 Å². The van der Waals surface area contributed by atoms with E-state index in [0.717, 1.165) is 20.5 Å². The number of aromatic nitrogens is 2. The molecule has 2 aliphatic heterocycles. The van der Waals surface area contributed by atoms with Crippen molar-refractivity contribution in [2.24, 2.45) is 36.1 Å². The van der Waals surface area contributed by atoms with Crippen molar-refractivity contribution in [1.82, 2.24) is 14.8 Å². The lowest BCUT2D eigenvalue weighted by molar-refractivity contribution is -0.173. The standard InChI is InChI=1S/C36H33ClN4O8S/c1-15-20-10-16(37)6-9-26(20)50-31(15)23-14-27(39(3)38-23)40-33(44)22-13-21-18(7-8-19-28(21)34(45)41(47)32(19)43)30(36(22,2)35(40)46)29-24(48-4)11-17(42)12-25(29)49-5/h6-7,9-12,14,19,21-22,28,30,42,47H,8,13H2,1-5H3. The third kappa shape index (κ3) is 4.23. The minimum absolute atomic E-state index is 0.0948. The maximum Gasteiger partial charge on any atom is 0.257 e. The average Bonchev–Trinajstić information content (AvgIpc) is 3.75. The zero-order chi connectivity index (χ0) is 35.5. The fraction of sp³-hybridized carbons (Fsp3) is 0.361. The van der Waals surface area contributed by atoms with Gasteiger partial charge < -0.3 is 14.6 Å². The molecule has 3 fully saturated rings. The second-order valence-corrected chi connectivity index (χ2v) is 15.1. The number of nitrogens with zero attached hydrogens (tertiary/aromatic N) is 4. The molecule has 2 saturated heterocycles. The first-order valence-corrected chi connectivity index (χ1v) is 17.3. The number of thiophene rings is 1. The number of imide groups is 2. The summed E-state index contributed by atoms with van der Waals surface area (Å²) in [5.41, 5.74) is 1.26. The normalized spacial score (nSPS) is 27.5. The summed E-state index contributed by atoms with van der Waals surface area (Å²) >= 11 is 7.83. The molecule has 12 nitrogen and oxygen atoms in total. The Kier molecular flexibility index (Phi) is 7.24. The number of anilines is 1. The number of aryl methyl sites for hydroxylation is 2. The number of aromatic hydroxyl groups is 1. The Morgan fingerprint density at radius 2 is 1.70 bits per heavy atom. The molecule has 0 radical (unpaired) electrons. The van der Waals surface area contributed by atoms with Crippen LogP contribution < -0.4 is 14.4 Å². The van der Waals surface area contributed by atoms with Gasteiger partial charge in [0.25, 0.3) is 11.8 Å². The molecule has 14 heteroatoms. The van der Waals surface area contributed by atoms with Gasteiger partial charge >= 0.3 is 0 Å². The Balaban J connectivity index is 1.30. The van der Waals surface area contributed by atoms with Gasteiger partial charge in [-0.3, -0.25) is 29.1 Å². The summed E-state index contributed by atoms with van der Waals surface area (Å²) in [6, 6.07) is 10.2. The van der Waals surface area contributed by atoms with E-state index in [1.807, 2.05) is 31.2 Å². The first kappa shape index (κ1) is 32.5. The second kappa shape index (κ2) is 11.1. The molecule has 0 spiro atoms. The summed E-state index contributed by atoms with van der Waals surface area (Å²) in [7, 11) is 4.54. The molecule has 2 aliphatic carbocycles. The minimum Gasteiger partial charge on any atom is -0.508 e. The maximum absolute atomic E-state index is 15.1. The van der Waals surface area contributed by atoms with Crippen molar-refractivity contribution in [3.8, 4) is 27.8 Å². The predicted molar refractivity (Wildman–Crippen MR) is 183 cm³/mol. The molecule has 258 valence electrons. The van der Waals surface area contributed by atoms with Crippen molar-refractivity contribution >= 4 is 62.5 Å². The zero-order valence-corrected chi connectivity index (χ0v) is 29.3. The van der Waals surface area contributed by atoms with Crippen molar-refractivity contribution < 1.29 is 39.0 Å². The van der Waals surface area contributed by atoms with E-state index in [9.17, 15) is 24.7 Å². The highest BCUT2D eigenvalue weighted by Crippen LogP contribution is 2.65. The predicted octanol–water partition coefficient (Wildman–Crippen LogP) is 5.61. The van der Waals surface area contributed by atoms with Crippen molar-refractivity contribution in [1.29, 1.82) is 0 Å². The minimum atomic E-state index is -1.41. The van der Waals surface area contributed by atoms with Crippen LogP contribution in [0.5, 0.6) is 17.2 Å². The van der Waals surface area contributed by atoms with Gasteiger partial charge in [-0.1, -0.05) is 23.3 Å². The van der Waals surface area contributed by atoms with Crippen LogP contribution in [0.15, 0.2) is 48.0 Å². The Morgan fingerprint density at radius 1 is 1.00 bits per heavy atom. The molecule has 6 unspecified atom stereocenters. The molecule has 2 aromatic heterocycles. The molecule has 6 atom stereocenters. The molecule has 4 heterocycles. The first-order valence-electron chi connectivity index (χ1n) is 16.1. The van der Waals surface area contributed by atoms with Gasteiger partial charge in [-0.25, -0.2) is 4.90 Å². The van der Waals surface area contributed by atoms with Crippen molar-refractivity contribution in [2.75, 3.05) is 19.1 Å². The summed E-state index contributed by atoms with van der Waals surface area (Å²) in [6.07, 6.45) is 2.11. The Morgan fingerprint density at radius 3 is 2.38 bits per heavy atom. The van der Waals surface area contributed by atoms with E-state index in [2.05, 4.69) is 0 Å². The third-order valence-corrected chi connectivity index (χ3v) is 12.8. The highest BCUT2D eigenvalue weighted by molar-refractivity contribution is 7.22. The number of carbonyl (C=O) groups is 4. The number of benzene rings is 2. The highest BCUT2D eigenvalue weighted by Gasteiger charge is 2.68. The number of fused-ring (bicyclic) bond motifs is 5. The van der Waals surface area contributed by atoms with Gasteiger partial charge in [-0.05, 0) is 61.8 Å². The molecule has 4 aliphatic rings. The van der Waals surface area contributed by atoms with E-state index >= 15 is 4.79 Å². The molecule has 0 bridgehead atoms. The number of phenolic OH excluding ortho intramolecular Hbond substituents is 1. The van der Waals surface area contributed by atoms with Crippen LogP contribution in [0.3, 0.4) is 0 Å². The van der Waals surface area contributed by atoms with E-state index in [4.69, 9.17) is 26.2 Å². The van der Waals surface area contributed by atoms with Crippen LogP contribution in [0.25, 0.3) is 20.7 Å². The van der Waals surface area contributed by atoms with Gasteiger partial charge in [0, 0.05) is 46.5 Å². The lowest BCUT2D eigenvalue weighted by Gasteiger charge is -2.49. The molecule has 50 heavy (non-hydrogen) atoms. The Hall–Kier alpha value is -4.72. The number of hydroxylamine groups is 2. The van der Waals surface area contributed by atoms with Crippen LogP contribution in [-0.4, -0.2) is 63.0 Å². The summed E-state index contributed by atoms with van der Waals surface area (Å²) in [4.78, 5) is 58.2. The largest absolute Gasteiger partial charge is 0.508 e. The summed E-state index contributed by atoms with van der Waals surface area (Å²) in [5.74, 6) is -5.89. The lowest BCUT2D eigenvalue weighted by Crippen LogP contribution is -2.49. The Labute approximate surface area is 295 Å². The molecule has 8 rings (SSSR count). The van der Waals surface area contributed by atoms with Gasteiger partial charge in [-0.15, -0.1) is 11.3 Å². The van der Waals surface area contributed by atoms with Crippen molar-refractivity contribution in [3.63, 3.8) is 0 Å². The summed E-state index contributed by atoms with van der Waals surface area (Å²) in [6.45, 7) is 3.73. The quantitative estimate of drug-likeness (QED) is 0.153. The fourth-order valence-corrected chi connectivity index (χ4v) is 10.3. The monoisotopic (exact) mass is 716 g/mol. The molecule has 1 saturated carbocycles. The van der Waals surface area contributed by atoms with Crippen molar-refractivity contribution in [3.05, 3.63) is 64.2 Å². The van der Waals surface area contributed by atoms with E-state index in [0.29, 0.717) is 21.9 Å². The van der Waals surface area contributed by atoms with Gasteiger partial charge in [0.2, 0.25) is 11.8 Å². The smallest absolute Gasteiger partial charge is 0.257 e. The number of allylic oxidation sites excluding steroid dienone is 2. The fourth-order valence-electron chi connectivity index (χ4n) is 8.95. The number of carbonyl (C=O) groups excluding carboxylic acids is 4. The summed E-state index contributed by atoms with van der Waals surface area (Å²) in [5, 5.41) is 27.5. The van der Waals surface area contributed by atoms with Crippen LogP contribution >= 0.6 is 22.9 Å². The number of ether oxygens (including phenoxy) is 2. The first-order chi connectivity index (χ1) is 23.8. The van der Waals surface area contributed by atoms with Crippen LogP contribution in [0.4, 0.5) is 5.82 Å².